The number of carbonyl (C=O) groups is 3. The van der Waals surface area contributed by atoms with E-state index >= 15 is 0 Å². The molecule has 27 heavy (non-hydrogen) atoms. The molecule has 6 atom stereocenters. The van der Waals surface area contributed by atoms with Crippen LogP contribution in [0.4, 0.5) is 4.79 Å². The van der Waals surface area contributed by atoms with Crippen molar-refractivity contribution in [2.24, 2.45) is 29.6 Å². The van der Waals surface area contributed by atoms with Gasteiger partial charge in [0.1, 0.15) is 11.5 Å². The quantitative estimate of drug-likeness (QED) is 0.543. The Hall–Kier alpha value is -1.59. The van der Waals surface area contributed by atoms with Gasteiger partial charge in [0.15, 0.2) is 5.78 Å². The van der Waals surface area contributed by atoms with Crippen LogP contribution in [0.5, 0.6) is 0 Å². The zero-order chi connectivity index (χ0) is 19.9. The lowest BCUT2D eigenvalue weighted by Crippen LogP contribution is -2.56. The number of esters is 1. The van der Waals surface area contributed by atoms with E-state index in [1.807, 2.05) is 20.8 Å². The first-order valence-electron chi connectivity index (χ1n) is 10.3. The average Bonchev–Trinajstić information content (AvgIpc) is 2.68. The standard InChI is InChI=1S/C21H33NO5/c1-6-26-19(24)16-9-13-7-12(2)8-17-15(13)10-14(18(16)23)11-22(17)20(25)27-21(3,4)5/h12-17H,6-11H2,1-5H3/t12-,13+,14-,15?,16?,17+/m1/s1. The lowest BCUT2D eigenvalue weighted by molar-refractivity contribution is -0.153. The van der Waals surface area contributed by atoms with Crippen molar-refractivity contribution >= 4 is 17.8 Å². The Morgan fingerprint density at radius 1 is 1.15 bits per heavy atom. The summed E-state index contributed by atoms with van der Waals surface area (Å²) in [7, 11) is 0. The van der Waals surface area contributed by atoms with Crippen LogP contribution < -0.4 is 0 Å². The number of rotatable bonds is 2. The molecule has 1 aliphatic heterocycles. The predicted molar refractivity (Wildman–Crippen MR) is 100.0 cm³/mol. The molecule has 0 radical (unpaired) electrons. The third-order valence-electron chi connectivity index (χ3n) is 6.31. The molecule has 1 heterocycles. The minimum atomic E-state index is -0.686. The van der Waals surface area contributed by atoms with Gasteiger partial charge in [-0.2, -0.15) is 0 Å². The van der Waals surface area contributed by atoms with Crippen LogP contribution in [0.15, 0.2) is 0 Å². The molecule has 3 fully saturated rings. The van der Waals surface area contributed by atoms with Gasteiger partial charge in [0.05, 0.1) is 6.61 Å². The molecule has 0 N–H and O–H groups in total. The SMILES string of the molecule is CCOC(=O)C1C[C@@H]2C[C@@H](C)C[C@H]3C2C[C@H](CN3C(=O)OC(C)(C)C)C1=O. The third-order valence-corrected chi connectivity index (χ3v) is 6.31. The second kappa shape index (κ2) is 7.44. The molecule has 1 saturated heterocycles. The fraction of sp³-hybridized carbons (Fsp3) is 0.857. The summed E-state index contributed by atoms with van der Waals surface area (Å²) in [6, 6.07) is 0.0959. The lowest BCUT2D eigenvalue weighted by atomic mass is 9.66. The highest BCUT2D eigenvalue weighted by Crippen LogP contribution is 2.49. The summed E-state index contributed by atoms with van der Waals surface area (Å²) in [6.07, 6.45) is 2.93. The van der Waals surface area contributed by atoms with E-state index in [-0.39, 0.29) is 42.3 Å². The minimum absolute atomic E-state index is 0.0532. The number of hydrogen-bond acceptors (Lipinski definition) is 5. The predicted octanol–water partition coefficient (Wildman–Crippen LogP) is 3.43. The number of piperidine rings is 1. The van der Waals surface area contributed by atoms with Crippen molar-refractivity contribution in [3.8, 4) is 0 Å². The van der Waals surface area contributed by atoms with E-state index in [0.717, 1.165) is 19.3 Å². The van der Waals surface area contributed by atoms with E-state index in [4.69, 9.17) is 9.47 Å². The fourth-order valence-electron chi connectivity index (χ4n) is 5.34. The summed E-state index contributed by atoms with van der Waals surface area (Å²) < 4.78 is 10.8. The number of carbonyl (C=O) groups excluding carboxylic acids is 3. The molecule has 0 aromatic carbocycles. The molecular weight excluding hydrogens is 346 g/mol. The first-order chi connectivity index (χ1) is 12.6. The molecule has 2 unspecified atom stereocenters. The first-order valence-corrected chi connectivity index (χ1v) is 10.3. The Bertz CT molecular complexity index is 610. The van der Waals surface area contributed by atoms with E-state index in [2.05, 4.69) is 6.92 Å². The summed E-state index contributed by atoms with van der Waals surface area (Å²) in [5.41, 5.74) is -0.573. The lowest BCUT2D eigenvalue weighted by Gasteiger charge is -2.49. The van der Waals surface area contributed by atoms with Crippen LogP contribution >= 0.6 is 0 Å². The number of fused-ring (bicyclic) bond motifs is 1. The highest BCUT2D eigenvalue weighted by atomic mass is 16.6. The summed E-state index contributed by atoms with van der Waals surface area (Å²) in [5.74, 6) is -0.450. The molecule has 3 aliphatic rings. The Labute approximate surface area is 161 Å². The number of ether oxygens (including phenoxy) is 2. The maximum Gasteiger partial charge on any atom is 0.410 e. The van der Waals surface area contributed by atoms with Crippen molar-refractivity contribution in [2.45, 2.75) is 71.9 Å². The van der Waals surface area contributed by atoms with Crippen LogP contribution in [0, 0.1) is 29.6 Å². The molecule has 6 nitrogen and oxygen atoms in total. The number of Topliss-reactive ketones (excluding diaryl/α,β-unsaturated/α-hetero) is 1. The van der Waals surface area contributed by atoms with Crippen LogP contribution in [0.25, 0.3) is 0 Å². The van der Waals surface area contributed by atoms with Gasteiger partial charge in [-0.05, 0) is 71.1 Å². The maximum atomic E-state index is 13.1. The van der Waals surface area contributed by atoms with E-state index in [1.54, 1.807) is 11.8 Å². The van der Waals surface area contributed by atoms with Crippen LogP contribution in [0.2, 0.25) is 0 Å². The molecule has 2 aliphatic carbocycles. The van der Waals surface area contributed by atoms with Gasteiger partial charge in [-0.25, -0.2) is 4.79 Å². The second-order valence-electron chi connectivity index (χ2n) is 9.58. The van der Waals surface area contributed by atoms with E-state index in [9.17, 15) is 14.4 Å². The monoisotopic (exact) mass is 379 g/mol. The molecule has 6 heteroatoms. The van der Waals surface area contributed by atoms with Crippen molar-refractivity contribution in [3.63, 3.8) is 0 Å². The van der Waals surface area contributed by atoms with Gasteiger partial charge in [-0.15, -0.1) is 0 Å². The van der Waals surface area contributed by atoms with Crippen molar-refractivity contribution in [1.82, 2.24) is 4.90 Å². The molecule has 3 rings (SSSR count). The van der Waals surface area contributed by atoms with E-state index in [1.165, 1.54) is 0 Å². The highest BCUT2D eigenvalue weighted by molar-refractivity contribution is 6.00. The summed E-state index contributed by atoms with van der Waals surface area (Å²) in [5, 5.41) is 0. The topological polar surface area (TPSA) is 72.9 Å². The maximum absolute atomic E-state index is 13.1. The zero-order valence-corrected chi connectivity index (χ0v) is 17.2. The van der Waals surface area contributed by atoms with Crippen molar-refractivity contribution in [3.05, 3.63) is 0 Å². The molecule has 2 bridgehead atoms. The van der Waals surface area contributed by atoms with E-state index < -0.39 is 17.5 Å². The smallest absolute Gasteiger partial charge is 0.410 e. The van der Waals surface area contributed by atoms with Gasteiger partial charge in [-0.3, -0.25) is 9.59 Å². The van der Waals surface area contributed by atoms with Crippen molar-refractivity contribution < 1.29 is 23.9 Å². The van der Waals surface area contributed by atoms with Crippen molar-refractivity contribution in [2.75, 3.05) is 13.2 Å². The van der Waals surface area contributed by atoms with Gasteiger partial charge in [0.2, 0.25) is 0 Å². The number of hydrogen-bond donors (Lipinski definition) is 0. The van der Waals surface area contributed by atoms with Gasteiger partial charge in [-0.1, -0.05) is 6.92 Å². The molecule has 0 aromatic heterocycles. The van der Waals surface area contributed by atoms with Crippen LogP contribution in [-0.2, 0) is 19.1 Å². The zero-order valence-electron chi connectivity index (χ0n) is 17.2. The number of likely N-dealkylation sites (tertiary alicyclic amines) is 1. The number of amides is 1. The molecule has 0 spiro atoms. The van der Waals surface area contributed by atoms with Gasteiger partial charge in [0.25, 0.3) is 0 Å². The Balaban J connectivity index is 1.90. The minimum Gasteiger partial charge on any atom is -0.465 e. The van der Waals surface area contributed by atoms with Crippen molar-refractivity contribution in [1.29, 1.82) is 0 Å². The Morgan fingerprint density at radius 2 is 1.85 bits per heavy atom. The number of ketones is 1. The second-order valence-corrected chi connectivity index (χ2v) is 9.58. The Kier molecular flexibility index (Phi) is 5.55. The van der Waals surface area contributed by atoms with Crippen LogP contribution in [0.1, 0.15) is 60.3 Å². The molecule has 2 saturated carbocycles. The van der Waals surface area contributed by atoms with Gasteiger partial charge >= 0.3 is 12.1 Å². The number of nitrogens with zero attached hydrogens (tertiary/aromatic N) is 1. The van der Waals surface area contributed by atoms with Gasteiger partial charge < -0.3 is 14.4 Å². The van der Waals surface area contributed by atoms with Gasteiger partial charge in [0, 0.05) is 18.5 Å². The molecule has 152 valence electrons. The highest BCUT2D eigenvalue weighted by Gasteiger charge is 2.53. The molecular formula is C21H33NO5. The largest absolute Gasteiger partial charge is 0.465 e. The van der Waals surface area contributed by atoms with Crippen LogP contribution in [0.3, 0.4) is 0 Å². The van der Waals surface area contributed by atoms with E-state index in [0.29, 0.717) is 18.9 Å². The summed E-state index contributed by atoms with van der Waals surface area (Å²) in [4.78, 5) is 40.2. The molecule has 0 aromatic rings. The average molecular weight is 379 g/mol. The summed E-state index contributed by atoms with van der Waals surface area (Å²) in [6.45, 7) is 10.2. The third kappa shape index (κ3) is 4.14. The Morgan fingerprint density at radius 3 is 2.48 bits per heavy atom. The fourth-order valence-corrected chi connectivity index (χ4v) is 5.34. The normalized spacial score (nSPS) is 36.0. The molecule has 1 amide bonds. The first kappa shape index (κ1) is 20.2. The summed E-state index contributed by atoms with van der Waals surface area (Å²) >= 11 is 0. The van der Waals surface area contributed by atoms with Crippen LogP contribution in [-0.4, -0.2) is 47.5 Å².